The van der Waals surface area contributed by atoms with Crippen LogP contribution in [0.4, 0.5) is 0 Å². The van der Waals surface area contributed by atoms with E-state index in [1.807, 2.05) is 11.8 Å². The van der Waals surface area contributed by atoms with Gasteiger partial charge in [-0.05, 0) is 32.2 Å². The van der Waals surface area contributed by atoms with Crippen LogP contribution >= 0.6 is 11.8 Å². The van der Waals surface area contributed by atoms with Gasteiger partial charge < -0.3 is 5.32 Å². The van der Waals surface area contributed by atoms with Gasteiger partial charge in [-0.25, -0.2) is 0 Å². The third kappa shape index (κ3) is 4.59. The molecule has 1 atom stereocenters. The lowest BCUT2D eigenvalue weighted by Crippen LogP contribution is -2.48. The standard InChI is InChI=1S/C13H27N3O2S2/c1-3-13-11-16(9-10-19-13)20(17,18)15(2)8-4-7-14-12-5-6-12/h12-14H,3-11H2,1-2H3. The smallest absolute Gasteiger partial charge is 0.281 e. The van der Waals surface area contributed by atoms with Crippen molar-refractivity contribution >= 4 is 22.0 Å². The summed E-state index contributed by atoms with van der Waals surface area (Å²) in [5.74, 6) is 0.912. The van der Waals surface area contributed by atoms with Crippen molar-refractivity contribution in [1.82, 2.24) is 13.9 Å². The molecule has 1 saturated carbocycles. The molecule has 20 heavy (non-hydrogen) atoms. The number of thioether (sulfide) groups is 1. The normalized spacial score (nSPS) is 25.2. The van der Waals surface area contributed by atoms with Gasteiger partial charge in [-0.1, -0.05) is 6.92 Å². The molecule has 0 aromatic rings. The van der Waals surface area contributed by atoms with E-state index < -0.39 is 10.2 Å². The highest BCUT2D eigenvalue weighted by molar-refractivity contribution is 8.00. The summed E-state index contributed by atoms with van der Waals surface area (Å²) in [7, 11) is -1.56. The van der Waals surface area contributed by atoms with Crippen molar-refractivity contribution in [3.05, 3.63) is 0 Å². The topological polar surface area (TPSA) is 52.7 Å². The first-order valence-corrected chi connectivity index (χ1v) is 10.0. The van der Waals surface area contributed by atoms with Crippen LogP contribution in [0.1, 0.15) is 32.6 Å². The molecule has 2 aliphatic rings. The summed E-state index contributed by atoms with van der Waals surface area (Å²) in [6.07, 6.45) is 4.47. The second kappa shape index (κ2) is 7.45. The fraction of sp³-hybridized carbons (Fsp3) is 1.00. The van der Waals surface area contributed by atoms with Crippen molar-refractivity contribution in [3.63, 3.8) is 0 Å². The fourth-order valence-corrected chi connectivity index (χ4v) is 5.19. The van der Waals surface area contributed by atoms with E-state index in [0.29, 0.717) is 30.9 Å². The van der Waals surface area contributed by atoms with Crippen LogP contribution in [0.15, 0.2) is 0 Å². The Morgan fingerprint density at radius 1 is 1.40 bits per heavy atom. The molecular formula is C13H27N3O2S2. The third-order valence-corrected chi connectivity index (χ3v) is 7.26. The third-order valence-electron chi connectivity index (χ3n) is 3.94. The highest BCUT2D eigenvalue weighted by atomic mass is 32.2. The lowest BCUT2D eigenvalue weighted by molar-refractivity contribution is 0.358. The lowest BCUT2D eigenvalue weighted by Gasteiger charge is -2.33. The predicted octanol–water partition coefficient (Wildman–Crippen LogP) is 1.13. The van der Waals surface area contributed by atoms with Gasteiger partial charge >= 0.3 is 0 Å². The van der Waals surface area contributed by atoms with Crippen molar-refractivity contribution < 1.29 is 8.42 Å². The summed E-state index contributed by atoms with van der Waals surface area (Å²) in [5.41, 5.74) is 0. The number of hydrogen-bond acceptors (Lipinski definition) is 4. The summed E-state index contributed by atoms with van der Waals surface area (Å²) >= 11 is 1.89. The monoisotopic (exact) mass is 321 g/mol. The minimum atomic E-state index is -3.26. The van der Waals surface area contributed by atoms with Crippen molar-refractivity contribution in [3.8, 4) is 0 Å². The van der Waals surface area contributed by atoms with Crippen LogP contribution < -0.4 is 5.32 Å². The lowest BCUT2D eigenvalue weighted by atomic mass is 10.3. The van der Waals surface area contributed by atoms with Gasteiger partial charge in [-0.15, -0.1) is 0 Å². The van der Waals surface area contributed by atoms with E-state index in [0.717, 1.165) is 25.1 Å². The molecular weight excluding hydrogens is 294 g/mol. The zero-order chi connectivity index (χ0) is 14.6. The van der Waals surface area contributed by atoms with Crippen LogP contribution in [0.3, 0.4) is 0 Å². The number of rotatable bonds is 8. The van der Waals surface area contributed by atoms with E-state index in [-0.39, 0.29) is 0 Å². The Morgan fingerprint density at radius 3 is 2.80 bits per heavy atom. The first-order chi connectivity index (χ1) is 9.54. The summed E-state index contributed by atoms with van der Waals surface area (Å²) in [5, 5.41) is 3.87. The predicted molar refractivity (Wildman–Crippen MR) is 85.3 cm³/mol. The molecule has 7 heteroatoms. The van der Waals surface area contributed by atoms with Gasteiger partial charge in [0, 0.05) is 43.7 Å². The molecule has 0 aromatic carbocycles. The first-order valence-electron chi connectivity index (χ1n) is 7.60. The maximum absolute atomic E-state index is 12.5. The fourth-order valence-electron chi connectivity index (χ4n) is 2.36. The molecule has 1 N–H and O–H groups in total. The molecule has 0 amide bonds. The molecule has 1 aliphatic carbocycles. The van der Waals surface area contributed by atoms with Crippen LogP contribution in [0.5, 0.6) is 0 Å². The van der Waals surface area contributed by atoms with E-state index >= 15 is 0 Å². The summed E-state index contributed by atoms with van der Waals surface area (Å²) in [6, 6.07) is 0.696. The maximum Gasteiger partial charge on any atom is 0.281 e. The van der Waals surface area contributed by atoms with Crippen molar-refractivity contribution in [2.24, 2.45) is 0 Å². The highest BCUT2D eigenvalue weighted by Crippen LogP contribution is 2.24. The Kier molecular flexibility index (Phi) is 6.16. The summed E-state index contributed by atoms with van der Waals surface area (Å²) < 4.78 is 28.2. The van der Waals surface area contributed by atoms with Crippen LogP contribution in [-0.4, -0.2) is 67.3 Å². The van der Waals surface area contributed by atoms with Crippen molar-refractivity contribution in [1.29, 1.82) is 0 Å². The summed E-state index contributed by atoms with van der Waals surface area (Å²) in [6.45, 7) is 4.95. The molecule has 0 bridgehead atoms. The Balaban J connectivity index is 1.77. The molecule has 2 rings (SSSR count). The van der Waals surface area contributed by atoms with E-state index in [9.17, 15) is 8.42 Å². The minimum Gasteiger partial charge on any atom is -0.314 e. The van der Waals surface area contributed by atoms with Gasteiger partial charge in [0.05, 0.1) is 0 Å². The van der Waals surface area contributed by atoms with E-state index in [1.54, 1.807) is 11.4 Å². The number of hydrogen-bond donors (Lipinski definition) is 1. The average Bonchev–Trinajstić information content (AvgIpc) is 3.27. The van der Waals surface area contributed by atoms with Gasteiger partial charge in [0.25, 0.3) is 10.2 Å². The molecule has 1 heterocycles. The van der Waals surface area contributed by atoms with Gasteiger partial charge in [0.15, 0.2) is 0 Å². The summed E-state index contributed by atoms with van der Waals surface area (Å²) in [4.78, 5) is 0. The second-order valence-corrected chi connectivity index (χ2v) is 9.11. The number of nitrogens with one attached hydrogen (secondary N) is 1. The van der Waals surface area contributed by atoms with Crippen molar-refractivity contribution in [2.75, 3.05) is 39.0 Å². The average molecular weight is 322 g/mol. The van der Waals surface area contributed by atoms with Crippen LogP contribution in [-0.2, 0) is 10.2 Å². The van der Waals surface area contributed by atoms with E-state index in [2.05, 4.69) is 12.2 Å². The second-order valence-electron chi connectivity index (χ2n) is 5.67. The Hall–Kier alpha value is 0.180. The molecule has 1 aliphatic heterocycles. The van der Waals surface area contributed by atoms with Gasteiger partial charge in [0.2, 0.25) is 0 Å². The molecule has 118 valence electrons. The number of nitrogens with zero attached hydrogens (tertiary/aromatic N) is 2. The Morgan fingerprint density at radius 2 is 2.15 bits per heavy atom. The zero-order valence-corrected chi connectivity index (χ0v) is 14.2. The molecule has 2 fully saturated rings. The van der Waals surface area contributed by atoms with Gasteiger partial charge in [0.1, 0.15) is 0 Å². The molecule has 1 unspecified atom stereocenters. The molecule has 5 nitrogen and oxygen atoms in total. The molecule has 0 radical (unpaired) electrons. The molecule has 0 spiro atoms. The molecule has 0 aromatic heterocycles. The SMILES string of the molecule is CCC1CN(S(=O)(=O)N(C)CCCNC2CC2)CCS1. The molecule has 1 saturated heterocycles. The van der Waals surface area contributed by atoms with Crippen LogP contribution in [0, 0.1) is 0 Å². The van der Waals surface area contributed by atoms with E-state index in [1.165, 1.54) is 17.1 Å². The zero-order valence-electron chi connectivity index (χ0n) is 12.5. The quantitative estimate of drug-likeness (QED) is 0.681. The van der Waals surface area contributed by atoms with Gasteiger partial charge in [-0.2, -0.15) is 28.8 Å². The van der Waals surface area contributed by atoms with Gasteiger partial charge in [-0.3, -0.25) is 0 Å². The minimum absolute atomic E-state index is 0.448. The first kappa shape index (κ1) is 16.5. The highest BCUT2D eigenvalue weighted by Gasteiger charge is 2.31. The van der Waals surface area contributed by atoms with Crippen LogP contribution in [0.2, 0.25) is 0 Å². The van der Waals surface area contributed by atoms with E-state index in [4.69, 9.17) is 0 Å². The van der Waals surface area contributed by atoms with Crippen molar-refractivity contribution in [2.45, 2.75) is 43.9 Å². The largest absolute Gasteiger partial charge is 0.314 e. The Labute approximate surface area is 127 Å². The maximum atomic E-state index is 12.5. The van der Waals surface area contributed by atoms with Crippen LogP contribution in [0.25, 0.3) is 0 Å². The Bertz CT molecular complexity index is 398.